The highest BCUT2D eigenvalue weighted by atomic mass is 79.9. The molecule has 2 aromatic carbocycles. The molecule has 0 aliphatic rings. The maximum absolute atomic E-state index is 13.6. The quantitative estimate of drug-likeness (QED) is 0.241. The normalized spacial score (nSPS) is 10.7. The van der Waals surface area contributed by atoms with Crippen molar-refractivity contribution in [2.75, 3.05) is 13.7 Å². The summed E-state index contributed by atoms with van der Waals surface area (Å²) in [4.78, 5) is 24.1. The number of carbonyl (C=O) groups excluding carboxylic acids is 1. The molecular formula is C19H12BrClFN3O4. The Hall–Kier alpha value is -2.80. The number of nitro benzene ring substituents is 1. The lowest BCUT2D eigenvalue weighted by atomic mass is 9.99. The third-order valence-electron chi connectivity index (χ3n) is 4.07. The van der Waals surface area contributed by atoms with E-state index in [1.54, 1.807) is 7.05 Å². The van der Waals surface area contributed by atoms with Gasteiger partial charge in [-0.3, -0.25) is 19.6 Å². The van der Waals surface area contributed by atoms with Crippen LogP contribution in [0.15, 0.2) is 28.7 Å². The minimum absolute atomic E-state index is 0.0233. The summed E-state index contributed by atoms with van der Waals surface area (Å²) in [6, 6.07) is 4.47. The van der Waals surface area contributed by atoms with Crippen molar-refractivity contribution < 1.29 is 18.8 Å². The zero-order chi connectivity index (χ0) is 21.3. The standard InChI is InChI=1S/C19H12BrClFN3O4/c1-24-14(4-3-7-29-2)12-9-15(25(27)28)16(17(20)18(12)23-24)19(26)11-8-10(22)5-6-13(11)21/h5-6,8-9H,7H2,1-2H3. The van der Waals surface area contributed by atoms with E-state index in [1.807, 2.05) is 0 Å². The van der Waals surface area contributed by atoms with Gasteiger partial charge in [-0.05, 0) is 40.0 Å². The molecule has 0 aliphatic heterocycles. The Morgan fingerprint density at radius 2 is 2.17 bits per heavy atom. The number of hydrogen-bond acceptors (Lipinski definition) is 5. The average Bonchev–Trinajstić information content (AvgIpc) is 2.99. The van der Waals surface area contributed by atoms with Gasteiger partial charge in [0.05, 0.1) is 14.4 Å². The second-order valence-electron chi connectivity index (χ2n) is 5.90. The van der Waals surface area contributed by atoms with Gasteiger partial charge in [-0.25, -0.2) is 4.39 Å². The van der Waals surface area contributed by atoms with Crippen molar-refractivity contribution >= 4 is 49.9 Å². The molecule has 3 aromatic rings. The minimum Gasteiger partial charge on any atom is -0.372 e. The van der Waals surface area contributed by atoms with Gasteiger partial charge in [0.25, 0.3) is 5.69 Å². The lowest BCUT2D eigenvalue weighted by molar-refractivity contribution is -0.385. The van der Waals surface area contributed by atoms with Crippen LogP contribution in [0.25, 0.3) is 10.9 Å². The highest BCUT2D eigenvalue weighted by Crippen LogP contribution is 2.38. The predicted molar refractivity (Wildman–Crippen MR) is 109 cm³/mol. The van der Waals surface area contributed by atoms with Gasteiger partial charge in [0.1, 0.15) is 29.2 Å². The van der Waals surface area contributed by atoms with Gasteiger partial charge >= 0.3 is 0 Å². The summed E-state index contributed by atoms with van der Waals surface area (Å²) in [5.41, 5.74) is -0.216. The fourth-order valence-corrected chi connectivity index (χ4v) is 3.66. The monoisotopic (exact) mass is 479 g/mol. The number of halogens is 3. The van der Waals surface area contributed by atoms with Crippen LogP contribution in [0.3, 0.4) is 0 Å². The summed E-state index contributed by atoms with van der Waals surface area (Å²) in [6.07, 6.45) is 0. The van der Waals surface area contributed by atoms with Crippen LogP contribution in [0.4, 0.5) is 10.1 Å². The largest absolute Gasteiger partial charge is 0.372 e. The molecule has 3 rings (SSSR count). The van der Waals surface area contributed by atoms with Gasteiger partial charge in [-0.2, -0.15) is 5.10 Å². The first kappa shape index (κ1) is 20.9. The van der Waals surface area contributed by atoms with E-state index in [9.17, 15) is 19.3 Å². The molecule has 0 radical (unpaired) electrons. The third-order valence-corrected chi connectivity index (χ3v) is 5.17. The lowest BCUT2D eigenvalue weighted by Gasteiger charge is -2.08. The maximum Gasteiger partial charge on any atom is 0.282 e. The number of ether oxygens (including phenoxy) is 1. The Balaban J connectivity index is 2.31. The third kappa shape index (κ3) is 3.87. The Labute approximate surface area is 177 Å². The Morgan fingerprint density at radius 3 is 2.83 bits per heavy atom. The molecule has 0 fully saturated rings. The molecule has 1 heterocycles. The van der Waals surface area contributed by atoms with Crippen molar-refractivity contribution in [1.82, 2.24) is 9.78 Å². The summed E-state index contributed by atoms with van der Waals surface area (Å²) < 4.78 is 20.1. The Kier molecular flexibility index (Phi) is 5.98. The van der Waals surface area contributed by atoms with Gasteiger partial charge in [0, 0.05) is 31.2 Å². The summed E-state index contributed by atoms with van der Waals surface area (Å²) >= 11 is 9.28. The summed E-state index contributed by atoms with van der Waals surface area (Å²) in [6.45, 7) is 0.171. The molecule has 0 N–H and O–H groups in total. The zero-order valence-corrected chi connectivity index (χ0v) is 17.5. The van der Waals surface area contributed by atoms with E-state index in [2.05, 4.69) is 32.9 Å². The number of nitro groups is 1. The maximum atomic E-state index is 13.6. The minimum atomic E-state index is -0.798. The van der Waals surface area contributed by atoms with E-state index in [0.717, 1.165) is 12.1 Å². The highest BCUT2D eigenvalue weighted by molar-refractivity contribution is 9.10. The predicted octanol–water partition coefficient (Wildman–Crippen LogP) is 4.27. The number of ketones is 1. The number of carbonyl (C=O) groups is 1. The number of methoxy groups -OCH3 is 1. The van der Waals surface area contributed by atoms with Crippen molar-refractivity contribution in [1.29, 1.82) is 0 Å². The van der Waals surface area contributed by atoms with Crippen LogP contribution in [-0.4, -0.2) is 34.2 Å². The van der Waals surface area contributed by atoms with Gasteiger partial charge in [0.2, 0.25) is 5.78 Å². The van der Waals surface area contributed by atoms with Crippen LogP contribution >= 0.6 is 27.5 Å². The molecule has 0 atom stereocenters. The fourth-order valence-electron chi connectivity index (χ4n) is 2.79. The number of fused-ring (bicyclic) bond motifs is 1. The van der Waals surface area contributed by atoms with Gasteiger partial charge in [-0.15, -0.1) is 0 Å². The number of rotatable bonds is 4. The zero-order valence-electron chi connectivity index (χ0n) is 15.1. The van der Waals surface area contributed by atoms with Crippen LogP contribution in [-0.2, 0) is 11.8 Å². The first-order valence-corrected chi connectivity index (χ1v) is 9.24. The van der Waals surface area contributed by atoms with E-state index < -0.39 is 22.2 Å². The lowest BCUT2D eigenvalue weighted by Crippen LogP contribution is -2.08. The molecular weight excluding hydrogens is 469 g/mol. The number of aromatic nitrogens is 2. The molecule has 7 nitrogen and oxygen atoms in total. The molecule has 0 spiro atoms. The molecule has 0 saturated carbocycles. The second kappa shape index (κ2) is 8.29. The number of hydrogen-bond donors (Lipinski definition) is 0. The summed E-state index contributed by atoms with van der Waals surface area (Å²) in [7, 11) is 3.12. The van der Waals surface area contributed by atoms with E-state index in [0.29, 0.717) is 16.6 Å². The van der Waals surface area contributed by atoms with Crippen molar-refractivity contribution in [3.05, 3.63) is 66.5 Å². The van der Waals surface area contributed by atoms with Crippen LogP contribution in [0.1, 0.15) is 21.6 Å². The fraction of sp³-hybridized carbons (Fsp3) is 0.158. The van der Waals surface area contributed by atoms with Crippen molar-refractivity contribution in [3.63, 3.8) is 0 Å². The van der Waals surface area contributed by atoms with Crippen LogP contribution < -0.4 is 0 Å². The number of aryl methyl sites for hydroxylation is 1. The molecule has 0 unspecified atom stereocenters. The van der Waals surface area contributed by atoms with Gasteiger partial charge in [0.15, 0.2) is 0 Å². The van der Waals surface area contributed by atoms with Crippen LogP contribution in [0, 0.1) is 27.8 Å². The van der Waals surface area contributed by atoms with Gasteiger partial charge in [-0.1, -0.05) is 17.5 Å². The van der Waals surface area contributed by atoms with Crippen LogP contribution in [0.5, 0.6) is 0 Å². The topological polar surface area (TPSA) is 87.3 Å². The van der Waals surface area contributed by atoms with E-state index in [-0.39, 0.29) is 27.2 Å². The Bertz CT molecular complexity index is 1230. The molecule has 0 saturated heterocycles. The molecule has 0 bridgehead atoms. The molecule has 1 aromatic heterocycles. The smallest absolute Gasteiger partial charge is 0.282 e. The average molecular weight is 481 g/mol. The SMILES string of the molecule is COCC#Cc1c2cc([N+](=O)[O-])c(C(=O)c3cc(F)ccc3Cl)c(Br)c2nn1C. The van der Waals surface area contributed by atoms with Crippen molar-refractivity contribution in [2.24, 2.45) is 7.05 Å². The Morgan fingerprint density at radius 1 is 1.45 bits per heavy atom. The number of nitrogens with zero attached hydrogens (tertiary/aromatic N) is 3. The van der Waals surface area contributed by atoms with Crippen molar-refractivity contribution in [2.45, 2.75) is 0 Å². The van der Waals surface area contributed by atoms with E-state index in [4.69, 9.17) is 16.3 Å². The first-order chi connectivity index (χ1) is 13.8. The second-order valence-corrected chi connectivity index (χ2v) is 7.10. The summed E-state index contributed by atoms with van der Waals surface area (Å²) in [5, 5.41) is 16.4. The molecule has 0 amide bonds. The van der Waals surface area contributed by atoms with Crippen molar-refractivity contribution in [3.8, 4) is 11.8 Å². The van der Waals surface area contributed by atoms with E-state index >= 15 is 0 Å². The van der Waals surface area contributed by atoms with E-state index in [1.165, 1.54) is 23.9 Å². The first-order valence-electron chi connectivity index (χ1n) is 8.07. The molecule has 29 heavy (non-hydrogen) atoms. The highest BCUT2D eigenvalue weighted by Gasteiger charge is 2.30. The van der Waals surface area contributed by atoms with Gasteiger partial charge < -0.3 is 4.74 Å². The molecule has 10 heteroatoms. The number of benzene rings is 2. The van der Waals surface area contributed by atoms with Crippen LogP contribution in [0.2, 0.25) is 5.02 Å². The molecule has 148 valence electrons. The molecule has 0 aliphatic carbocycles. The summed E-state index contributed by atoms with van der Waals surface area (Å²) in [5.74, 6) is 4.14.